The van der Waals surface area contributed by atoms with Crippen LogP contribution in [0.15, 0.2) is 30.3 Å². The molecule has 3 heteroatoms. The molecular formula is C16H17Cl2N. The van der Waals surface area contributed by atoms with Crippen LogP contribution in [-0.2, 0) is 6.54 Å². The smallest absolute Gasteiger partial charge is 0.0487 e. The van der Waals surface area contributed by atoms with Crippen molar-refractivity contribution < 1.29 is 0 Å². The standard InChI is InChI=1S/C16H17Cl2N/c1-10-6-14(16(18)7-11(10)2)12-4-5-15(17)13(8-12)9-19-3/h4-8,19H,9H2,1-3H3. The van der Waals surface area contributed by atoms with Gasteiger partial charge in [0, 0.05) is 22.2 Å². The molecule has 0 unspecified atom stereocenters. The average Bonchev–Trinajstić information content (AvgIpc) is 2.37. The number of benzene rings is 2. The third kappa shape index (κ3) is 3.11. The Morgan fingerprint density at radius 2 is 1.63 bits per heavy atom. The Bertz CT molecular complexity index is 606. The van der Waals surface area contributed by atoms with Gasteiger partial charge in [0.2, 0.25) is 0 Å². The highest BCUT2D eigenvalue weighted by Crippen LogP contribution is 2.32. The Hall–Kier alpha value is -1.02. The topological polar surface area (TPSA) is 12.0 Å². The summed E-state index contributed by atoms with van der Waals surface area (Å²) in [6, 6.07) is 10.2. The van der Waals surface area contributed by atoms with Gasteiger partial charge in [-0.25, -0.2) is 0 Å². The summed E-state index contributed by atoms with van der Waals surface area (Å²) in [5, 5.41) is 4.68. The van der Waals surface area contributed by atoms with Crippen LogP contribution >= 0.6 is 23.2 Å². The molecule has 0 radical (unpaired) electrons. The van der Waals surface area contributed by atoms with E-state index in [-0.39, 0.29) is 0 Å². The van der Waals surface area contributed by atoms with Crippen molar-refractivity contribution in [2.75, 3.05) is 7.05 Å². The van der Waals surface area contributed by atoms with Crippen LogP contribution in [0.25, 0.3) is 11.1 Å². The van der Waals surface area contributed by atoms with Crippen LogP contribution in [0.4, 0.5) is 0 Å². The predicted molar refractivity (Wildman–Crippen MR) is 84.1 cm³/mol. The van der Waals surface area contributed by atoms with E-state index >= 15 is 0 Å². The minimum atomic E-state index is 0.745. The zero-order valence-electron chi connectivity index (χ0n) is 11.3. The van der Waals surface area contributed by atoms with Crippen molar-refractivity contribution in [3.8, 4) is 11.1 Å². The lowest BCUT2D eigenvalue weighted by atomic mass is 9.99. The maximum absolute atomic E-state index is 6.36. The van der Waals surface area contributed by atoms with Crippen molar-refractivity contribution in [3.63, 3.8) is 0 Å². The molecule has 2 aromatic rings. The summed E-state index contributed by atoms with van der Waals surface area (Å²) in [6.45, 7) is 4.91. The molecule has 0 heterocycles. The SMILES string of the molecule is CNCc1cc(-c2cc(C)c(C)cc2Cl)ccc1Cl. The zero-order chi connectivity index (χ0) is 14.0. The molecule has 0 aliphatic rings. The molecule has 0 spiro atoms. The summed E-state index contributed by atoms with van der Waals surface area (Å²) in [5.41, 5.74) is 5.68. The minimum absolute atomic E-state index is 0.745. The van der Waals surface area contributed by atoms with Crippen molar-refractivity contribution in [2.45, 2.75) is 20.4 Å². The van der Waals surface area contributed by atoms with E-state index < -0.39 is 0 Å². The first-order valence-corrected chi connectivity index (χ1v) is 6.98. The summed E-state index contributed by atoms with van der Waals surface area (Å²) in [5.74, 6) is 0. The molecule has 0 atom stereocenters. The molecule has 0 fully saturated rings. The molecule has 100 valence electrons. The number of hydrogen-bond acceptors (Lipinski definition) is 1. The van der Waals surface area contributed by atoms with Gasteiger partial charge in [-0.3, -0.25) is 0 Å². The zero-order valence-corrected chi connectivity index (χ0v) is 12.9. The van der Waals surface area contributed by atoms with Gasteiger partial charge in [0.15, 0.2) is 0 Å². The quantitative estimate of drug-likeness (QED) is 0.840. The van der Waals surface area contributed by atoms with E-state index in [4.69, 9.17) is 23.2 Å². The van der Waals surface area contributed by atoms with Crippen molar-refractivity contribution in [3.05, 3.63) is 57.1 Å². The van der Waals surface area contributed by atoms with E-state index in [0.717, 1.165) is 33.3 Å². The summed E-state index contributed by atoms with van der Waals surface area (Å²) in [7, 11) is 1.91. The van der Waals surface area contributed by atoms with Crippen molar-refractivity contribution in [1.29, 1.82) is 0 Å². The molecule has 0 aromatic heterocycles. The van der Waals surface area contributed by atoms with Gasteiger partial charge >= 0.3 is 0 Å². The second kappa shape index (κ2) is 5.96. The highest BCUT2D eigenvalue weighted by atomic mass is 35.5. The van der Waals surface area contributed by atoms with Crippen LogP contribution in [0.2, 0.25) is 10.0 Å². The highest BCUT2D eigenvalue weighted by molar-refractivity contribution is 6.33. The number of rotatable bonds is 3. The van der Waals surface area contributed by atoms with E-state index in [1.807, 2.05) is 25.2 Å². The second-order valence-electron chi connectivity index (χ2n) is 4.75. The summed E-state index contributed by atoms with van der Waals surface area (Å²) in [6.07, 6.45) is 0. The van der Waals surface area contributed by atoms with Gasteiger partial charge in [-0.2, -0.15) is 0 Å². The lowest BCUT2D eigenvalue weighted by Crippen LogP contribution is -2.05. The predicted octanol–water partition coefficient (Wildman–Crippen LogP) is 5.00. The van der Waals surface area contributed by atoms with Crippen LogP contribution in [0.5, 0.6) is 0 Å². The third-order valence-electron chi connectivity index (χ3n) is 3.31. The summed E-state index contributed by atoms with van der Waals surface area (Å²) < 4.78 is 0. The van der Waals surface area contributed by atoms with Gasteiger partial charge in [-0.1, -0.05) is 29.3 Å². The maximum Gasteiger partial charge on any atom is 0.0487 e. The molecule has 0 saturated heterocycles. The largest absolute Gasteiger partial charge is 0.316 e. The van der Waals surface area contributed by atoms with Crippen LogP contribution < -0.4 is 5.32 Å². The van der Waals surface area contributed by atoms with Crippen molar-refractivity contribution in [1.82, 2.24) is 5.32 Å². The van der Waals surface area contributed by atoms with Crippen LogP contribution in [0.3, 0.4) is 0 Å². The fraction of sp³-hybridized carbons (Fsp3) is 0.250. The Balaban J connectivity index is 2.53. The van der Waals surface area contributed by atoms with E-state index in [9.17, 15) is 0 Å². The monoisotopic (exact) mass is 293 g/mol. The Morgan fingerprint density at radius 1 is 0.947 bits per heavy atom. The van der Waals surface area contributed by atoms with Crippen molar-refractivity contribution >= 4 is 23.2 Å². The van der Waals surface area contributed by atoms with Gasteiger partial charge in [0.25, 0.3) is 0 Å². The van der Waals surface area contributed by atoms with Crippen molar-refractivity contribution in [2.24, 2.45) is 0 Å². The number of hydrogen-bond donors (Lipinski definition) is 1. The van der Waals surface area contributed by atoms with Gasteiger partial charge < -0.3 is 5.32 Å². The fourth-order valence-electron chi connectivity index (χ4n) is 2.07. The number of halogens is 2. The molecule has 0 saturated carbocycles. The van der Waals surface area contributed by atoms with Gasteiger partial charge in [0.1, 0.15) is 0 Å². The van der Waals surface area contributed by atoms with Crippen LogP contribution in [0.1, 0.15) is 16.7 Å². The van der Waals surface area contributed by atoms with E-state index in [2.05, 4.69) is 31.3 Å². The first kappa shape index (κ1) is 14.4. The molecule has 2 rings (SSSR count). The lowest BCUT2D eigenvalue weighted by Gasteiger charge is -2.11. The highest BCUT2D eigenvalue weighted by Gasteiger charge is 2.08. The molecule has 1 N–H and O–H groups in total. The van der Waals surface area contributed by atoms with Gasteiger partial charge in [-0.05, 0) is 67.4 Å². The molecular weight excluding hydrogens is 277 g/mol. The lowest BCUT2D eigenvalue weighted by molar-refractivity contribution is 0.818. The second-order valence-corrected chi connectivity index (χ2v) is 5.57. The Morgan fingerprint density at radius 3 is 2.32 bits per heavy atom. The van der Waals surface area contributed by atoms with Gasteiger partial charge in [-0.15, -0.1) is 0 Å². The maximum atomic E-state index is 6.36. The molecule has 1 nitrogen and oxygen atoms in total. The molecule has 0 bridgehead atoms. The fourth-order valence-corrected chi connectivity index (χ4v) is 2.58. The molecule has 0 amide bonds. The van der Waals surface area contributed by atoms with E-state index in [0.29, 0.717) is 0 Å². The molecule has 19 heavy (non-hydrogen) atoms. The number of nitrogens with one attached hydrogen (secondary N) is 1. The minimum Gasteiger partial charge on any atom is -0.316 e. The third-order valence-corrected chi connectivity index (χ3v) is 3.99. The molecule has 0 aliphatic heterocycles. The van der Waals surface area contributed by atoms with E-state index in [1.54, 1.807) is 0 Å². The van der Waals surface area contributed by atoms with Crippen LogP contribution in [0, 0.1) is 13.8 Å². The Labute approximate surface area is 124 Å². The van der Waals surface area contributed by atoms with Gasteiger partial charge in [0.05, 0.1) is 0 Å². The molecule has 0 aliphatic carbocycles. The molecule has 2 aromatic carbocycles. The van der Waals surface area contributed by atoms with E-state index in [1.165, 1.54) is 11.1 Å². The first-order chi connectivity index (χ1) is 9.02. The van der Waals surface area contributed by atoms with Crippen LogP contribution in [-0.4, -0.2) is 7.05 Å². The Kier molecular flexibility index (Phi) is 4.51. The summed E-state index contributed by atoms with van der Waals surface area (Å²) in [4.78, 5) is 0. The normalized spacial score (nSPS) is 10.8. The first-order valence-electron chi connectivity index (χ1n) is 6.23. The summed E-state index contributed by atoms with van der Waals surface area (Å²) >= 11 is 12.5. The average molecular weight is 294 g/mol. The number of aryl methyl sites for hydroxylation is 2.